The van der Waals surface area contributed by atoms with Gasteiger partial charge in [-0.25, -0.2) is 0 Å². The molecule has 3 nitrogen and oxygen atoms in total. The molecule has 0 saturated carbocycles. The van der Waals surface area contributed by atoms with Gasteiger partial charge in [0.25, 0.3) is 0 Å². The molecule has 0 amide bonds. The Morgan fingerprint density at radius 3 is 3.05 bits per heavy atom. The smallest absolute Gasteiger partial charge is 0.106 e. The summed E-state index contributed by atoms with van der Waals surface area (Å²) in [4.78, 5) is 0.383. The van der Waals surface area contributed by atoms with Gasteiger partial charge in [-0.1, -0.05) is 30.7 Å². The summed E-state index contributed by atoms with van der Waals surface area (Å²) < 4.78 is 5.69. The lowest BCUT2D eigenvalue weighted by Crippen LogP contribution is -2.24. The molecular formula is C14H19ClN2OS. The minimum Gasteiger partial charge on any atom is -0.389 e. The van der Waals surface area contributed by atoms with Crippen molar-refractivity contribution in [2.24, 2.45) is 11.7 Å². The maximum atomic E-state index is 6.02. The van der Waals surface area contributed by atoms with E-state index in [4.69, 9.17) is 34.3 Å². The van der Waals surface area contributed by atoms with Crippen LogP contribution in [-0.2, 0) is 4.74 Å². The third kappa shape index (κ3) is 3.59. The zero-order chi connectivity index (χ0) is 13.8. The standard InChI is InChI=1S/C14H19ClN2OS/c1-2-13-9(5-6-18-13)8-17-12-7-10(15)3-4-11(12)14(16)19/h3-4,7,9,13,17H,2,5-6,8H2,1H3,(H2,16,19). The van der Waals surface area contributed by atoms with Gasteiger partial charge < -0.3 is 15.8 Å². The Labute approximate surface area is 124 Å². The molecule has 2 unspecified atom stereocenters. The first-order valence-electron chi connectivity index (χ1n) is 6.56. The van der Waals surface area contributed by atoms with E-state index in [0.717, 1.165) is 37.2 Å². The number of rotatable bonds is 5. The van der Waals surface area contributed by atoms with Crippen molar-refractivity contribution in [3.63, 3.8) is 0 Å². The summed E-state index contributed by atoms with van der Waals surface area (Å²) in [5.74, 6) is 0.531. The zero-order valence-corrected chi connectivity index (χ0v) is 12.6. The summed E-state index contributed by atoms with van der Waals surface area (Å²) in [6.07, 6.45) is 2.48. The maximum absolute atomic E-state index is 6.02. The summed E-state index contributed by atoms with van der Waals surface area (Å²) in [5.41, 5.74) is 7.47. The molecule has 3 N–H and O–H groups in total. The van der Waals surface area contributed by atoms with Gasteiger partial charge in [-0.05, 0) is 31.0 Å². The van der Waals surface area contributed by atoms with Crippen LogP contribution in [0.25, 0.3) is 0 Å². The molecule has 1 saturated heterocycles. The average molecular weight is 299 g/mol. The second kappa shape index (κ2) is 6.55. The van der Waals surface area contributed by atoms with Crippen molar-refractivity contribution in [3.05, 3.63) is 28.8 Å². The highest BCUT2D eigenvalue weighted by Gasteiger charge is 2.26. The number of benzene rings is 1. The van der Waals surface area contributed by atoms with E-state index >= 15 is 0 Å². The highest BCUT2D eigenvalue weighted by molar-refractivity contribution is 7.80. The van der Waals surface area contributed by atoms with Gasteiger partial charge in [-0.2, -0.15) is 0 Å². The Morgan fingerprint density at radius 1 is 1.58 bits per heavy atom. The van der Waals surface area contributed by atoms with Crippen LogP contribution in [0.2, 0.25) is 5.02 Å². The number of hydrogen-bond acceptors (Lipinski definition) is 3. The van der Waals surface area contributed by atoms with Crippen LogP contribution in [0.3, 0.4) is 0 Å². The molecular weight excluding hydrogens is 280 g/mol. The quantitative estimate of drug-likeness (QED) is 0.820. The molecule has 1 fully saturated rings. The van der Waals surface area contributed by atoms with Crippen LogP contribution < -0.4 is 11.1 Å². The molecule has 2 atom stereocenters. The third-order valence-electron chi connectivity index (χ3n) is 3.55. The van der Waals surface area contributed by atoms with Crippen molar-refractivity contribution in [3.8, 4) is 0 Å². The predicted octanol–water partition coefficient (Wildman–Crippen LogP) is 3.20. The van der Waals surface area contributed by atoms with Crippen LogP contribution in [0.1, 0.15) is 25.3 Å². The Hall–Kier alpha value is -0.840. The van der Waals surface area contributed by atoms with E-state index in [1.54, 1.807) is 6.07 Å². The van der Waals surface area contributed by atoms with E-state index in [2.05, 4.69) is 12.2 Å². The van der Waals surface area contributed by atoms with Gasteiger partial charge in [0.1, 0.15) is 4.99 Å². The molecule has 0 bridgehead atoms. The number of nitrogens with two attached hydrogens (primary N) is 1. The van der Waals surface area contributed by atoms with Gasteiger partial charge in [0.15, 0.2) is 0 Å². The van der Waals surface area contributed by atoms with Crippen molar-refractivity contribution in [2.75, 3.05) is 18.5 Å². The Morgan fingerprint density at radius 2 is 2.37 bits per heavy atom. The van der Waals surface area contributed by atoms with Crippen molar-refractivity contribution in [2.45, 2.75) is 25.9 Å². The molecule has 0 spiro atoms. The van der Waals surface area contributed by atoms with E-state index < -0.39 is 0 Å². The summed E-state index contributed by atoms with van der Waals surface area (Å²) in [7, 11) is 0. The second-order valence-corrected chi connectivity index (χ2v) is 5.68. The van der Waals surface area contributed by atoms with Crippen LogP contribution >= 0.6 is 23.8 Å². The molecule has 0 aromatic heterocycles. The molecule has 0 aliphatic carbocycles. The number of ether oxygens (including phenoxy) is 1. The molecule has 1 aromatic rings. The lowest BCUT2D eigenvalue weighted by molar-refractivity contribution is 0.0900. The molecule has 2 rings (SSSR count). The minimum atomic E-state index is 0.347. The molecule has 1 aliphatic heterocycles. The van der Waals surface area contributed by atoms with Gasteiger partial charge in [-0.3, -0.25) is 0 Å². The monoisotopic (exact) mass is 298 g/mol. The van der Waals surface area contributed by atoms with Gasteiger partial charge >= 0.3 is 0 Å². The normalized spacial score (nSPS) is 22.4. The first kappa shape index (κ1) is 14.6. The van der Waals surface area contributed by atoms with E-state index in [0.29, 0.717) is 22.0 Å². The lowest BCUT2D eigenvalue weighted by Gasteiger charge is -2.19. The highest BCUT2D eigenvalue weighted by Crippen LogP contribution is 2.26. The van der Waals surface area contributed by atoms with Crippen molar-refractivity contribution < 1.29 is 4.74 Å². The number of halogens is 1. The minimum absolute atomic E-state index is 0.347. The van der Waals surface area contributed by atoms with Gasteiger partial charge in [0.05, 0.1) is 6.10 Å². The summed E-state index contributed by atoms with van der Waals surface area (Å²) in [6, 6.07) is 5.52. The molecule has 1 aromatic carbocycles. The van der Waals surface area contributed by atoms with Crippen LogP contribution in [-0.4, -0.2) is 24.2 Å². The van der Waals surface area contributed by atoms with Crippen LogP contribution in [0.4, 0.5) is 5.69 Å². The van der Waals surface area contributed by atoms with Crippen LogP contribution in [0, 0.1) is 5.92 Å². The summed E-state index contributed by atoms with van der Waals surface area (Å²) >= 11 is 11.1. The Bertz CT molecular complexity index is 467. The van der Waals surface area contributed by atoms with Crippen molar-refractivity contribution >= 4 is 34.5 Å². The van der Waals surface area contributed by atoms with Crippen LogP contribution in [0.5, 0.6) is 0 Å². The average Bonchev–Trinajstić information content (AvgIpc) is 2.83. The van der Waals surface area contributed by atoms with Crippen LogP contribution in [0.15, 0.2) is 18.2 Å². The molecule has 19 heavy (non-hydrogen) atoms. The number of nitrogens with one attached hydrogen (secondary N) is 1. The second-order valence-electron chi connectivity index (χ2n) is 4.80. The number of thiocarbonyl (C=S) groups is 1. The lowest BCUT2D eigenvalue weighted by atomic mass is 9.99. The highest BCUT2D eigenvalue weighted by atomic mass is 35.5. The summed E-state index contributed by atoms with van der Waals surface area (Å²) in [6.45, 7) is 3.86. The summed E-state index contributed by atoms with van der Waals surface area (Å²) in [5, 5.41) is 4.09. The predicted molar refractivity (Wildman–Crippen MR) is 84.0 cm³/mol. The zero-order valence-electron chi connectivity index (χ0n) is 11.0. The van der Waals surface area contributed by atoms with Gasteiger partial charge in [0, 0.05) is 35.3 Å². The maximum Gasteiger partial charge on any atom is 0.106 e. The van der Waals surface area contributed by atoms with Crippen molar-refractivity contribution in [1.29, 1.82) is 0 Å². The first-order chi connectivity index (χ1) is 9.11. The molecule has 0 radical (unpaired) electrons. The first-order valence-corrected chi connectivity index (χ1v) is 7.35. The fraction of sp³-hybridized carbons (Fsp3) is 0.500. The van der Waals surface area contributed by atoms with E-state index in [-0.39, 0.29) is 0 Å². The largest absolute Gasteiger partial charge is 0.389 e. The molecule has 104 valence electrons. The van der Waals surface area contributed by atoms with Gasteiger partial charge in [0.2, 0.25) is 0 Å². The van der Waals surface area contributed by atoms with E-state index in [9.17, 15) is 0 Å². The van der Waals surface area contributed by atoms with Crippen molar-refractivity contribution in [1.82, 2.24) is 0 Å². The Kier molecular flexibility index (Phi) is 5.02. The molecule has 1 heterocycles. The molecule has 5 heteroatoms. The Balaban J connectivity index is 2.06. The van der Waals surface area contributed by atoms with E-state index in [1.807, 2.05) is 12.1 Å². The van der Waals surface area contributed by atoms with E-state index in [1.165, 1.54) is 0 Å². The van der Waals surface area contributed by atoms with Gasteiger partial charge in [-0.15, -0.1) is 0 Å². The number of hydrogen-bond donors (Lipinski definition) is 2. The SMILES string of the molecule is CCC1OCCC1CNc1cc(Cl)ccc1C(N)=S. The molecule has 1 aliphatic rings. The number of anilines is 1. The fourth-order valence-electron chi connectivity index (χ4n) is 2.50. The topological polar surface area (TPSA) is 47.3 Å². The third-order valence-corrected chi connectivity index (χ3v) is 4.01. The fourth-order valence-corrected chi connectivity index (χ4v) is 2.85.